The molecule has 1 aromatic carbocycles. The highest BCUT2D eigenvalue weighted by molar-refractivity contribution is 7.99. The zero-order valence-corrected chi connectivity index (χ0v) is 21.7. The lowest BCUT2D eigenvalue weighted by Gasteiger charge is -2.31. The first-order valence-electron chi connectivity index (χ1n) is 11.5. The predicted molar refractivity (Wildman–Crippen MR) is 138 cm³/mol. The lowest BCUT2D eigenvalue weighted by atomic mass is 10.1. The van der Waals surface area contributed by atoms with Crippen molar-refractivity contribution in [3.63, 3.8) is 0 Å². The Balaban J connectivity index is 1.63. The molecule has 176 valence electrons. The van der Waals surface area contributed by atoms with Crippen LogP contribution in [0.3, 0.4) is 0 Å². The van der Waals surface area contributed by atoms with Crippen LogP contribution < -0.4 is 10.9 Å². The van der Waals surface area contributed by atoms with Crippen molar-refractivity contribution in [1.29, 1.82) is 0 Å². The first-order chi connectivity index (χ1) is 15.8. The number of nitrogens with one attached hydrogen (secondary N) is 1. The molecule has 0 aliphatic carbocycles. The third-order valence-corrected chi connectivity index (χ3v) is 8.76. The van der Waals surface area contributed by atoms with Crippen LogP contribution in [0.1, 0.15) is 41.3 Å². The van der Waals surface area contributed by atoms with E-state index in [0.29, 0.717) is 10.5 Å². The van der Waals surface area contributed by atoms with Crippen LogP contribution in [0.25, 0.3) is 15.9 Å². The van der Waals surface area contributed by atoms with Crippen molar-refractivity contribution in [2.75, 3.05) is 25.4 Å². The summed E-state index contributed by atoms with van der Waals surface area (Å²) in [5, 5.41) is 4.42. The van der Waals surface area contributed by atoms with E-state index < -0.39 is 0 Å². The number of likely N-dealkylation sites (tertiary alicyclic amines) is 1. The molecule has 0 radical (unpaired) electrons. The summed E-state index contributed by atoms with van der Waals surface area (Å²) < 4.78 is 1.70. The van der Waals surface area contributed by atoms with Gasteiger partial charge in [0.2, 0.25) is 5.91 Å². The Bertz CT molecular complexity index is 1240. The molecule has 3 heterocycles. The summed E-state index contributed by atoms with van der Waals surface area (Å²) in [5.41, 5.74) is 3.90. The fraction of sp³-hybridized carbons (Fsp3) is 0.480. The second-order valence-electron chi connectivity index (χ2n) is 8.78. The Kier molecular flexibility index (Phi) is 7.26. The molecule has 0 saturated carbocycles. The number of hydrogen-bond donors (Lipinski definition) is 1. The van der Waals surface area contributed by atoms with E-state index in [9.17, 15) is 9.59 Å². The summed E-state index contributed by atoms with van der Waals surface area (Å²) in [7, 11) is 0. The fourth-order valence-electron chi connectivity index (χ4n) is 4.36. The van der Waals surface area contributed by atoms with E-state index in [1.165, 1.54) is 11.8 Å². The molecule has 0 atom stereocenters. The summed E-state index contributed by atoms with van der Waals surface area (Å²) in [4.78, 5) is 35.5. The van der Waals surface area contributed by atoms with E-state index in [1.54, 1.807) is 15.9 Å². The molecular weight excluding hydrogens is 452 g/mol. The van der Waals surface area contributed by atoms with Crippen molar-refractivity contribution < 1.29 is 4.79 Å². The SMILES string of the molecule is CCN1CCC(NC(=O)CSc2nc3sc(C)c(C)c3c(=O)n2-c2cccc(C)c2C)CC1. The number of carbonyl (C=O) groups excluding carboxylic acids is 1. The van der Waals surface area contributed by atoms with Gasteiger partial charge in [0.15, 0.2) is 5.16 Å². The third kappa shape index (κ3) is 4.88. The van der Waals surface area contributed by atoms with Gasteiger partial charge in [-0.3, -0.25) is 14.2 Å². The van der Waals surface area contributed by atoms with Crippen molar-refractivity contribution in [1.82, 2.24) is 19.8 Å². The van der Waals surface area contributed by atoms with E-state index in [-0.39, 0.29) is 23.3 Å². The highest BCUT2D eigenvalue weighted by Gasteiger charge is 2.22. The van der Waals surface area contributed by atoms with E-state index in [2.05, 4.69) is 17.1 Å². The molecule has 1 aliphatic rings. The number of piperidine rings is 1. The van der Waals surface area contributed by atoms with Crippen LogP contribution in [0, 0.1) is 27.7 Å². The third-order valence-electron chi connectivity index (χ3n) is 6.72. The largest absolute Gasteiger partial charge is 0.353 e. The van der Waals surface area contributed by atoms with Gasteiger partial charge in [0.1, 0.15) is 4.83 Å². The topological polar surface area (TPSA) is 67.2 Å². The maximum absolute atomic E-state index is 13.7. The van der Waals surface area contributed by atoms with Gasteiger partial charge in [-0.2, -0.15) is 0 Å². The highest BCUT2D eigenvalue weighted by Crippen LogP contribution is 2.30. The summed E-state index contributed by atoms with van der Waals surface area (Å²) in [6.07, 6.45) is 1.96. The highest BCUT2D eigenvalue weighted by atomic mass is 32.2. The van der Waals surface area contributed by atoms with Gasteiger partial charge in [-0.1, -0.05) is 30.8 Å². The van der Waals surface area contributed by atoms with E-state index >= 15 is 0 Å². The molecule has 4 rings (SSSR count). The standard InChI is InChI=1S/C25H32N4O2S2/c1-6-28-12-10-19(11-13-28)26-21(30)14-32-25-27-23-22(17(4)18(5)33-23)24(31)29(25)20-9-7-8-15(2)16(20)3/h7-9,19H,6,10-14H2,1-5H3,(H,26,30). The molecule has 1 fully saturated rings. The van der Waals surface area contributed by atoms with Gasteiger partial charge >= 0.3 is 0 Å². The van der Waals surface area contributed by atoms with Crippen LogP contribution >= 0.6 is 23.1 Å². The molecule has 6 nitrogen and oxygen atoms in total. The lowest BCUT2D eigenvalue weighted by molar-refractivity contribution is -0.119. The Morgan fingerprint density at radius 2 is 1.91 bits per heavy atom. The Morgan fingerprint density at radius 1 is 1.18 bits per heavy atom. The van der Waals surface area contributed by atoms with E-state index in [4.69, 9.17) is 4.98 Å². The zero-order chi connectivity index (χ0) is 23.7. The van der Waals surface area contributed by atoms with Gasteiger partial charge in [-0.05, 0) is 69.8 Å². The normalized spacial score (nSPS) is 15.3. The van der Waals surface area contributed by atoms with Crippen molar-refractivity contribution >= 4 is 39.2 Å². The summed E-state index contributed by atoms with van der Waals surface area (Å²) in [6, 6.07) is 6.18. The fourth-order valence-corrected chi connectivity index (χ4v) is 6.24. The number of aromatic nitrogens is 2. The number of benzene rings is 1. The zero-order valence-electron chi connectivity index (χ0n) is 20.0. The number of thiophene rings is 1. The minimum atomic E-state index is -0.0644. The minimum Gasteiger partial charge on any atom is -0.353 e. The number of rotatable bonds is 6. The van der Waals surface area contributed by atoms with Crippen LogP contribution in [0.2, 0.25) is 0 Å². The molecule has 33 heavy (non-hydrogen) atoms. The molecule has 1 N–H and O–H groups in total. The quantitative estimate of drug-likeness (QED) is 0.416. The maximum Gasteiger partial charge on any atom is 0.267 e. The molecule has 2 aromatic heterocycles. The van der Waals surface area contributed by atoms with Crippen LogP contribution in [-0.4, -0.2) is 51.8 Å². The molecule has 8 heteroatoms. The number of thioether (sulfide) groups is 1. The monoisotopic (exact) mass is 484 g/mol. The second-order valence-corrected chi connectivity index (χ2v) is 10.9. The van der Waals surface area contributed by atoms with E-state index in [1.807, 2.05) is 45.9 Å². The van der Waals surface area contributed by atoms with Gasteiger partial charge in [-0.25, -0.2) is 4.98 Å². The number of carbonyl (C=O) groups is 1. The molecule has 0 bridgehead atoms. The molecule has 3 aromatic rings. The number of fused-ring (bicyclic) bond motifs is 1. The first-order valence-corrected chi connectivity index (χ1v) is 13.3. The van der Waals surface area contributed by atoms with Crippen LogP contribution in [-0.2, 0) is 4.79 Å². The molecular formula is C25H32N4O2S2. The molecule has 1 saturated heterocycles. The summed E-state index contributed by atoms with van der Waals surface area (Å²) >= 11 is 2.88. The average Bonchev–Trinajstić information content (AvgIpc) is 3.09. The molecule has 0 unspecified atom stereocenters. The minimum absolute atomic E-state index is 0.00431. The second kappa shape index (κ2) is 9.99. The summed E-state index contributed by atoms with van der Waals surface area (Å²) in [5.74, 6) is 0.232. The maximum atomic E-state index is 13.7. The lowest BCUT2D eigenvalue weighted by Crippen LogP contribution is -2.45. The van der Waals surface area contributed by atoms with E-state index in [0.717, 1.165) is 64.6 Å². The Labute approximate surface area is 203 Å². The molecule has 1 amide bonds. The molecule has 0 spiro atoms. The van der Waals surface area contributed by atoms with Gasteiger partial charge in [0.05, 0.1) is 16.8 Å². The van der Waals surface area contributed by atoms with Gasteiger partial charge < -0.3 is 10.2 Å². The smallest absolute Gasteiger partial charge is 0.267 e. The molecule has 1 aliphatic heterocycles. The van der Waals surface area contributed by atoms with Crippen molar-refractivity contribution in [2.45, 2.75) is 58.7 Å². The Hall–Kier alpha value is -2.16. The number of nitrogens with zero attached hydrogens (tertiary/aromatic N) is 3. The van der Waals surface area contributed by atoms with Gasteiger partial charge in [0.25, 0.3) is 5.56 Å². The Morgan fingerprint density at radius 3 is 2.61 bits per heavy atom. The van der Waals surface area contributed by atoms with Crippen molar-refractivity contribution in [3.8, 4) is 5.69 Å². The van der Waals surface area contributed by atoms with Gasteiger partial charge in [0, 0.05) is 24.0 Å². The number of aryl methyl sites for hydroxylation is 3. The first kappa shape index (κ1) is 24.0. The van der Waals surface area contributed by atoms with Gasteiger partial charge in [-0.15, -0.1) is 11.3 Å². The number of hydrogen-bond acceptors (Lipinski definition) is 6. The number of amides is 1. The van der Waals surface area contributed by atoms with Crippen LogP contribution in [0.4, 0.5) is 0 Å². The van der Waals surface area contributed by atoms with Crippen LogP contribution in [0.5, 0.6) is 0 Å². The average molecular weight is 485 g/mol. The van der Waals surface area contributed by atoms with Crippen molar-refractivity contribution in [3.05, 3.63) is 50.1 Å². The summed E-state index contributed by atoms with van der Waals surface area (Å²) in [6.45, 7) is 13.3. The van der Waals surface area contributed by atoms with Crippen LogP contribution in [0.15, 0.2) is 28.2 Å². The predicted octanol–water partition coefficient (Wildman–Crippen LogP) is 4.37. The van der Waals surface area contributed by atoms with Crippen molar-refractivity contribution in [2.24, 2.45) is 0 Å².